The molecule has 0 unspecified atom stereocenters. The summed E-state index contributed by atoms with van der Waals surface area (Å²) < 4.78 is 6.64. The summed E-state index contributed by atoms with van der Waals surface area (Å²) in [5.41, 5.74) is 2.60. The van der Waals surface area contributed by atoms with Crippen LogP contribution in [0.25, 0.3) is 11.4 Å². The van der Waals surface area contributed by atoms with E-state index in [1.165, 1.54) is 4.68 Å². The number of hydrogen-bond acceptors (Lipinski definition) is 5. The van der Waals surface area contributed by atoms with Crippen molar-refractivity contribution in [3.8, 4) is 17.1 Å². The topological polar surface area (TPSA) is 98.1 Å². The number of nitrogens with one attached hydrogen (secondary N) is 2. The Hall–Kier alpha value is -3.68. The first kappa shape index (κ1) is 18.7. The fourth-order valence-electron chi connectivity index (χ4n) is 3.30. The molecule has 8 nitrogen and oxygen atoms in total. The zero-order valence-corrected chi connectivity index (χ0v) is 16.2. The number of fused-ring (bicyclic) bond motifs is 1. The lowest BCUT2D eigenvalue weighted by atomic mass is 10.1. The van der Waals surface area contributed by atoms with Gasteiger partial charge in [0.1, 0.15) is 11.8 Å². The van der Waals surface area contributed by atoms with E-state index in [1.807, 2.05) is 55.5 Å². The standard InChI is InChI=1S/C21H21N5O3/c1-3-13-6-4-5-7-16(13)22-18(27)12-17-20(28)24-21-23-19(25-26(17)21)14-8-10-15(29-2)11-9-14/h4-11,17H,3,12H2,1-2H3,(H,22,27)(H,23,24,25,28)/t17-/m0/s1. The van der Waals surface area contributed by atoms with Crippen molar-refractivity contribution in [2.24, 2.45) is 0 Å². The summed E-state index contributed by atoms with van der Waals surface area (Å²) in [6.07, 6.45) is 0.779. The first-order valence-corrected chi connectivity index (χ1v) is 9.38. The van der Waals surface area contributed by atoms with Crippen LogP contribution in [0.1, 0.15) is 24.9 Å². The number of para-hydroxylation sites is 1. The fourth-order valence-corrected chi connectivity index (χ4v) is 3.30. The lowest BCUT2D eigenvalue weighted by Crippen LogP contribution is -2.24. The van der Waals surface area contributed by atoms with Crippen molar-refractivity contribution in [3.63, 3.8) is 0 Å². The maximum Gasteiger partial charge on any atom is 0.252 e. The molecular formula is C21H21N5O3. The maximum absolute atomic E-state index is 12.6. The van der Waals surface area contributed by atoms with E-state index in [4.69, 9.17) is 4.74 Å². The molecule has 0 radical (unpaired) electrons. The van der Waals surface area contributed by atoms with Crippen molar-refractivity contribution in [3.05, 3.63) is 54.1 Å². The highest BCUT2D eigenvalue weighted by Crippen LogP contribution is 2.29. The van der Waals surface area contributed by atoms with Crippen molar-refractivity contribution in [2.75, 3.05) is 17.7 Å². The van der Waals surface area contributed by atoms with Gasteiger partial charge in [-0.05, 0) is 42.3 Å². The van der Waals surface area contributed by atoms with Gasteiger partial charge < -0.3 is 10.1 Å². The predicted molar refractivity (Wildman–Crippen MR) is 109 cm³/mol. The lowest BCUT2D eigenvalue weighted by molar-refractivity contribution is -0.123. The van der Waals surface area contributed by atoms with Gasteiger partial charge in [0.15, 0.2) is 5.82 Å². The van der Waals surface area contributed by atoms with Crippen LogP contribution in [0.15, 0.2) is 48.5 Å². The number of amides is 2. The quantitative estimate of drug-likeness (QED) is 0.673. The average molecular weight is 391 g/mol. The summed E-state index contributed by atoms with van der Waals surface area (Å²) >= 11 is 0. The Balaban J connectivity index is 1.52. The lowest BCUT2D eigenvalue weighted by Gasteiger charge is -2.12. The van der Waals surface area contributed by atoms with Gasteiger partial charge in [0, 0.05) is 11.3 Å². The Labute approximate surface area is 167 Å². The molecule has 2 aromatic carbocycles. The van der Waals surface area contributed by atoms with E-state index in [2.05, 4.69) is 20.7 Å². The molecule has 148 valence electrons. The van der Waals surface area contributed by atoms with Crippen LogP contribution in [-0.2, 0) is 16.0 Å². The second-order valence-corrected chi connectivity index (χ2v) is 6.70. The number of carbonyl (C=O) groups is 2. The van der Waals surface area contributed by atoms with E-state index < -0.39 is 6.04 Å². The Bertz CT molecular complexity index is 1060. The zero-order chi connectivity index (χ0) is 20.4. The molecule has 2 amide bonds. The van der Waals surface area contributed by atoms with E-state index in [1.54, 1.807) is 7.11 Å². The zero-order valence-electron chi connectivity index (χ0n) is 16.2. The van der Waals surface area contributed by atoms with Gasteiger partial charge in [0.25, 0.3) is 5.91 Å². The van der Waals surface area contributed by atoms with Crippen LogP contribution in [0.2, 0.25) is 0 Å². The van der Waals surface area contributed by atoms with E-state index in [0.717, 1.165) is 29.0 Å². The van der Waals surface area contributed by atoms with Crippen LogP contribution in [0.4, 0.5) is 11.6 Å². The Morgan fingerprint density at radius 2 is 1.97 bits per heavy atom. The summed E-state index contributed by atoms with van der Waals surface area (Å²) in [4.78, 5) is 29.3. The van der Waals surface area contributed by atoms with E-state index in [-0.39, 0.29) is 18.2 Å². The second kappa shape index (κ2) is 7.75. The Kier molecular flexibility index (Phi) is 4.99. The minimum atomic E-state index is -0.738. The SMILES string of the molecule is CCc1ccccc1NC(=O)C[C@H]1C(=O)Nc2nc(-c3ccc(OC)cc3)nn21. The average Bonchev–Trinajstić information content (AvgIpc) is 3.27. The summed E-state index contributed by atoms with van der Waals surface area (Å²) in [5.74, 6) is 1.01. The number of hydrogen-bond donors (Lipinski definition) is 2. The third-order valence-electron chi connectivity index (χ3n) is 4.86. The summed E-state index contributed by atoms with van der Waals surface area (Å²) in [6.45, 7) is 2.03. The van der Waals surface area contributed by atoms with Crippen molar-refractivity contribution in [1.29, 1.82) is 0 Å². The molecule has 0 spiro atoms. The van der Waals surface area contributed by atoms with Crippen molar-refractivity contribution in [1.82, 2.24) is 14.8 Å². The second-order valence-electron chi connectivity index (χ2n) is 6.70. The van der Waals surface area contributed by atoms with Gasteiger partial charge in [-0.15, -0.1) is 5.10 Å². The monoisotopic (exact) mass is 391 g/mol. The number of ether oxygens (including phenoxy) is 1. The highest BCUT2D eigenvalue weighted by atomic mass is 16.5. The van der Waals surface area contributed by atoms with Gasteiger partial charge in [-0.3, -0.25) is 14.9 Å². The molecule has 1 aromatic heterocycles. The first-order valence-electron chi connectivity index (χ1n) is 9.38. The number of aromatic nitrogens is 3. The van der Waals surface area contributed by atoms with Gasteiger partial charge >= 0.3 is 0 Å². The molecule has 0 saturated carbocycles. The van der Waals surface area contributed by atoms with Gasteiger partial charge in [0.2, 0.25) is 11.9 Å². The van der Waals surface area contributed by atoms with Gasteiger partial charge in [0.05, 0.1) is 13.5 Å². The minimum Gasteiger partial charge on any atom is -0.497 e. The molecule has 0 fully saturated rings. The number of anilines is 2. The van der Waals surface area contributed by atoms with Gasteiger partial charge in [-0.1, -0.05) is 25.1 Å². The van der Waals surface area contributed by atoms with E-state index in [9.17, 15) is 9.59 Å². The third-order valence-corrected chi connectivity index (χ3v) is 4.86. The molecule has 1 atom stereocenters. The van der Waals surface area contributed by atoms with E-state index >= 15 is 0 Å². The molecule has 8 heteroatoms. The third kappa shape index (κ3) is 3.69. The van der Waals surface area contributed by atoms with Crippen LogP contribution >= 0.6 is 0 Å². The number of aryl methyl sites for hydroxylation is 1. The predicted octanol–water partition coefficient (Wildman–Crippen LogP) is 3.04. The molecular weight excluding hydrogens is 370 g/mol. The van der Waals surface area contributed by atoms with Crippen molar-refractivity contribution in [2.45, 2.75) is 25.8 Å². The van der Waals surface area contributed by atoms with Crippen molar-refractivity contribution >= 4 is 23.5 Å². The molecule has 2 heterocycles. The molecule has 3 aromatic rings. The largest absolute Gasteiger partial charge is 0.497 e. The smallest absolute Gasteiger partial charge is 0.252 e. The fraction of sp³-hybridized carbons (Fsp3) is 0.238. The minimum absolute atomic E-state index is 0.0255. The number of methoxy groups -OCH3 is 1. The molecule has 4 rings (SSSR count). The number of nitrogens with zero attached hydrogens (tertiary/aromatic N) is 3. The number of rotatable bonds is 6. The van der Waals surface area contributed by atoms with Crippen LogP contribution in [-0.4, -0.2) is 33.7 Å². The van der Waals surface area contributed by atoms with Gasteiger partial charge in [-0.25, -0.2) is 4.68 Å². The molecule has 1 aliphatic heterocycles. The van der Waals surface area contributed by atoms with Crippen molar-refractivity contribution < 1.29 is 14.3 Å². The first-order chi connectivity index (χ1) is 14.1. The Morgan fingerprint density at radius 1 is 1.21 bits per heavy atom. The van der Waals surface area contributed by atoms with Gasteiger partial charge in [-0.2, -0.15) is 4.98 Å². The molecule has 1 aliphatic rings. The summed E-state index contributed by atoms with van der Waals surface area (Å²) in [5, 5.41) is 10.0. The number of carbonyl (C=O) groups excluding carboxylic acids is 2. The van der Waals surface area contributed by atoms with Crippen LogP contribution < -0.4 is 15.4 Å². The van der Waals surface area contributed by atoms with Crippen LogP contribution in [0.5, 0.6) is 5.75 Å². The highest BCUT2D eigenvalue weighted by Gasteiger charge is 2.35. The molecule has 0 bridgehead atoms. The highest BCUT2D eigenvalue weighted by molar-refractivity contribution is 6.01. The molecule has 29 heavy (non-hydrogen) atoms. The number of benzene rings is 2. The van der Waals surface area contributed by atoms with Crippen LogP contribution in [0, 0.1) is 0 Å². The molecule has 0 aliphatic carbocycles. The summed E-state index contributed by atoms with van der Waals surface area (Å²) in [7, 11) is 1.60. The summed E-state index contributed by atoms with van der Waals surface area (Å²) in [6, 6.07) is 14.2. The molecule has 2 N–H and O–H groups in total. The normalized spacial score (nSPS) is 15.0. The Morgan fingerprint density at radius 3 is 2.69 bits per heavy atom. The molecule has 0 saturated heterocycles. The van der Waals surface area contributed by atoms with Crippen LogP contribution in [0.3, 0.4) is 0 Å². The van der Waals surface area contributed by atoms with E-state index in [0.29, 0.717) is 11.8 Å². The maximum atomic E-state index is 12.6.